The number of aryl methyl sites for hydroxylation is 1. The van der Waals surface area contributed by atoms with Crippen molar-refractivity contribution >= 4 is 16.7 Å². The quantitative estimate of drug-likeness (QED) is 0.246. The van der Waals surface area contributed by atoms with Crippen LogP contribution in [0, 0.1) is 0 Å². The summed E-state index contributed by atoms with van der Waals surface area (Å²) in [6, 6.07) is 34.4. The third kappa shape index (κ3) is 7.32. The fourth-order valence-corrected chi connectivity index (χ4v) is 6.14. The minimum absolute atomic E-state index is 0.00958. The molecule has 6 rings (SSSR count). The van der Waals surface area contributed by atoms with Gasteiger partial charge in [0.2, 0.25) is 5.91 Å². The van der Waals surface area contributed by atoms with Crippen molar-refractivity contribution in [3.63, 3.8) is 0 Å². The second kappa shape index (κ2) is 14.3. The Bertz CT molecular complexity index is 1460. The van der Waals surface area contributed by atoms with Crippen molar-refractivity contribution < 1.29 is 28.8 Å². The van der Waals surface area contributed by atoms with Crippen LogP contribution in [0.3, 0.4) is 0 Å². The van der Waals surface area contributed by atoms with Gasteiger partial charge in [0, 0.05) is 19.4 Å². The summed E-state index contributed by atoms with van der Waals surface area (Å²) in [5.74, 6) is -0.00958. The highest BCUT2D eigenvalue weighted by Crippen LogP contribution is 2.37. The normalized spacial score (nSPS) is 25.0. The van der Waals surface area contributed by atoms with Crippen LogP contribution >= 0.6 is 0 Å². The molecule has 2 fully saturated rings. The summed E-state index contributed by atoms with van der Waals surface area (Å²) in [6.07, 6.45) is -0.777. The zero-order valence-corrected chi connectivity index (χ0v) is 24.2. The van der Waals surface area contributed by atoms with Gasteiger partial charge in [0.25, 0.3) is 0 Å². The van der Waals surface area contributed by atoms with Crippen molar-refractivity contribution in [2.45, 2.75) is 69.1 Å². The Morgan fingerprint density at radius 2 is 1.49 bits per heavy atom. The highest BCUT2D eigenvalue weighted by atomic mass is 16.6. The Hall–Kier alpha value is -3.59. The van der Waals surface area contributed by atoms with Crippen LogP contribution in [0.2, 0.25) is 0 Å². The first-order valence-electron chi connectivity index (χ1n) is 15.1. The van der Waals surface area contributed by atoms with Gasteiger partial charge in [-0.3, -0.25) is 4.79 Å². The van der Waals surface area contributed by atoms with Crippen LogP contribution < -0.4 is 5.32 Å². The van der Waals surface area contributed by atoms with E-state index in [4.69, 9.17) is 18.9 Å². The molecular weight excluding hydrogens is 542 g/mol. The second-order valence-electron chi connectivity index (χ2n) is 11.3. The van der Waals surface area contributed by atoms with Crippen LogP contribution in [-0.4, -0.2) is 60.8 Å². The van der Waals surface area contributed by atoms with Crippen LogP contribution in [0.25, 0.3) is 10.8 Å². The number of hydrogen-bond acceptors (Lipinski definition) is 6. The lowest BCUT2D eigenvalue weighted by Crippen LogP contribution is -2.59. The predicted octanol–water partition coefficient (Wildman–Crippen LogP) is 4.98. The number of aliphatic hydroxyl groups is 1. The molecule has 2 aliphatic heterocycles. The molecule has 4 aromatic carbocycles. The Labute approximate surface area is 252 Å². The predicted molar refractivity (Wildman–Crippen MR) is 164 cm³/mol. The summed E-state index contributed by atoms with van der Waals surface area (Å²) in [7, 11) is 0. The zero-order chi connectivity index (χ0) is 29.4. The molecule has 1 amide bonds. The number of fused-ring (bicyclic) bond motifs is 2. The average Bonchev–Trinajstić information content (AvgIpc) is 3.48. The Balaban J connectivity index is 1.14. The van der Waals surface area contributed by atoms with E-state index in [1.54, 1.807) is 0 Å². The van der Waals surface area contributed by atoms with E-state index < -0.39 is 24.4 Å². The second-order valence-corrected chi connectivity index (χ2v) is 11.3. The number of carbonyl (C=O) groups is 1. The van der Waals surface area contributed by atoms with E-state index in [0.29, 0.717) is 39.0 Å². The standard InChI is InChI=1S/C36H39NO6/c38-22-32-34(41-24-28-16-9-15-27-14-7-8-17-30(27)28)36(40-23-26-12-5-2-6-13-26)35-31(43-32)20-29(42-35)21-37-33(39)19-18-25-10-3-1-4-11-25/h1-17,29,31-32,34-36,38H,18-24H2,(H,37,39)/t29?,31-,32-,34-,35+,36+/m1/s1. The van der Waals surface area contributed by atoms with Crippen molar-refractivity contribution in [3.05, 3.63) is 120 Å². The van der Waals surface area contributed by atoms with Gasteiger partial charge in [-0.05, 0) is 33.9 Å². The van der Waals surface area contributed by atoms with Gasteiger partial charge >= 0.3 is 0 Å². The van der Waals surface area contributed by atoms with Gasteiger partial charge in [-0.15, -0.1) is 0 Å². The Morgan fingerprint density at radius 3 is 2.28 bits per heavy atom. The SMILES string of the molecule is O=C(CCc1ccccc1)NCC1C[C@H]2O[C@H](CO)[C@@H](OCc3cccc4ccccc34)[C@H](OCc3ccccc3)[C@H]2O1. The lowest BCUT2D eigenvalue weighted by Gasteiger charge is -2.43. The molecule has 2 aliphatic rings. The number of rotatable bonds is 12. The molecule has 1 unspecified atom stereocenters. The lowest BCUT2D eigenvalue weighted by atomic mass is 9.94. The zero-order valence-electron chi connectivity index (χ0n) is 24.2. The van der Waals surface area contributed by atoms with Crippen LogP contribution in [0.1, 0.15) is 29.5 Å². The van der Waals surface area contributed by atoms with Crippen molar-refractivity contribution in [3.8, 4) is 0 Å². The summed E-state index contributed by atoms with van der Waals surface area (Å²) in [6.45, 7) is 0.914. The number of ether oxygens (including phenoxy) is 4. The van der Waals surface area contributed by atoms with E-state index in [9.17, 15) is 9.90 Å². The van der Waals surface area contributed by atoms with E-state index >= 15 is 0 Å². The lowest BCUT2D eigenvalue weighted by molar-refractivity contribution is -0.249. The molecule has 2 heterocycles. The molecule has 0 aromatic heterocycles. The Morgan fingerprint density at radius 1 is 0.791 bits per heavy atom. The van der Waals surface area contributed by atoms with E-state index in [1.165, 1.54) is 0 Å². The first-order chi connectivity index (χ1) is 21.2. The number of hydrogen-bond donors (Lipinski definition) is 2. The highest BCUT2D eigenvalue weighted by Gasteiger charge is 2.52. The average molecular weight is 582 g/mol. The maximum atomic E-state index is 12.6. The van der Waals surface area contributed by atoms with Gasteiger partial charge in [-0.1, -0.05) is 103 Å². The van der Waals surface area contributed by atoms with Gasteiger partial charge in [0.05, 0.1) is 32.0 Å². The molecule has 0 saturated carbocycles. The minimum Gasteiger partial charge on any atom is -0.394 e. The molecule has 224 valence electrons. The van der Waals surface area contributed by atoms with Gasteiger partial charge < -0.3 is 29.4 Å². The summed E-state index contributed by atoms with van der Waals surface area (Å²) in [4.78, 5) is 12.6. The van der Waals surface area contributed by atoms with Crippen LogP contribution in [0.5, 0.6) is 0 Å². The molecular formula is C36H39NO6. The summed E-state index contributed by atoms with van der Waals surface area (Å²) < 4.78 is 26.0. The smallest absolute Gasteiger partial charge is 0.220 e. The number of nitrogens with one attached hydrogen (secondary N) is 1. The fraction of sp³-hybridized carbons (Fsp3) is 0.361. The summed E-state index contributed by atoms with van der Waals surface area (Å²) in [5, 5.41) is 15.7. The number of carbonyl (C=O) groups excluding carboxylic acids is 1. The van der Waals surface area contributed by atoms with E-state index in [-0.39, 0.29) is 24.7 Å². The van der Waals surface area contributed by atoms with Gasteiger partial charge in [0.1, 0.15) is 24.4 Å². The monoisotopic (exact) mass is 581 g/mol. The molecule has 7 nitrogen and oxygen atoms in total. The Kier molecular flexibility index (Phi) is 9.77. The molecule has 0 spiro atoms. The van der Waals surface area contributed by atoms with Crippen molar-refractivity contribution in [2.24, 2.45) is 0 Å². The molecule has 2 N–H and O–H groups in total. The molecule has 0 radical (unpaired) electrons. The van der Waals surface area contributed by atoms with Crippen molar-refractivity contribution in [1.82, 2.24) is 5.32 Å². The van der Waals surface area contributed by atoms with Crippen molar-refractivity contribution in [2.75, 3.05) is 13.2 Å². The van der Waals surface area contributed by atoms with Crippen LogP contribution in [0.15, 0.2) is 103 Å². The maximum Gasteiger partial charge on any atom is 0.220 e. The van der Waals surface area contributed by atoms with E-state index in [2.05, 4.69) is 29.6 Å². The molecule has 7 heteroatoms. The van der Waals surface area contributed by atoms with E-state index in [1.807, 2.05) is 78.9 Å². The molecule has 0 aliphatic carbocycles. The molecule has 0 bridgehead atoms. The largest absolute Gasteiger partial charge is 0.394 e. The maximum absolute atomic E-state index is 12.6. The van der Waals surface area contributed by atoms with Crippen LogP contribution in [0.4, 0.5) is 0 Å². The molecule has 6 atom stereocenters. The summed E-state index contributed by atoms with van der Waals surface area (Å²) in [5.41, 5.74) is 3.23. The number of amides is 1. The van der Waals surface area contributed by atoms with Gasteiger partial charge in [0.15, 0.2) is 0 Å². The highest BCUT2D eigenvalue weighted by molar-refractivity contribution is 5.85. The third-order valence-electron chi connectivity index (χ3n) is 8.36. The summed E-state index contributed by atoms with van der Waals surface area (Å²) >= 11 is 0. The van der Waals surface area contributed by atoms with Crippen molar-refractivity contribution in [1.29, 1.82) is 0 Å². The molecule has 4 aromatic rings. The minimum atomic E-state index is -0.570. The number of aliphatic hydroxyl groups excluding tert-OH is 1. The number of benzene rings is 4. The topological polar surface area (TPSA) is 86.3 Å². The van der Waals surface area contributed by atoms with E-state index in [0.717, 1.165) is 27.5 Å². The third-order valence-corrected chi connectivity index (χ3v) is 8.36. The first-order valence-corrected chi connectivity index (χ1v) is 15.1. The van der Waals surface area contributed by atoms with Gasteiger partial charge in [-0.2, -0.15) is 0 Å². The molecule has 2 saturated heterocycles. The first kappa shape index (κ1) is 29.5. The molecule has 43 heavy (non-hydrogen) atoms. The van der Waals surface area contributed by atoms with Crippen LogP contribution in [-0.2, 0) is 43.4 Å². The fourth-order valence-electron chi connectivity index (χ4n) is 6.14. The van der Waals surface area contributed by atoms with Gasteiger partial charge in [-0.25, -0.2) is 0 Å².